The number of nitrogens with one attached hydrogen (secondary N) is 1. The molecule has 0 fully saturated rings. The number of carbonyl (C=O) groups excluding carboxylic acids is 2. The minimum atomic E-state index is -0.137. The number of hydrogen-bond acceptors (Lipinski definition) is 3. The third-order valence-corrected chi connectivity index (χ3v) is 6.61. The van der Waals surface area contributed by atoms with Crippen LogP contribution in [0.4, 0.5) is 11.4 Å². The highest BCUT2D eigenvalue weighted by Gasteiger charge is 2.25. The third-order valence-electron chi connectivity index (χ3n) is 5.48. The lowest BCUT2D eigenvalue weighted by Gasteiger charge is -2.21. The molecule has 0 radical (unpaired) electrons. The monoisotopic (exact) mass is 461 g/mol. The van der Waals surface area contributed by atoms with E-state index in [1.807, 2.05) is 40.7 Å². The number of thiophene rings is 1. The summed E-state index contributed by atoms with van der Waals surface area (Å²) in [4.78, 5) is 28.7. The lowest BCUT2D eigenvalue weighted by molar-refractivity contribution is -0.115. The average molecular weight is 462 g/mol. The maximum absolute atomic E-state index is 13.4. The Hall–Kier alpha value is -3.35. The summed E-state index contributed by atoms with van der Waals surface area (Å²) in [5.74, 6) is -0.196. The topological polar surface area (TPSA) is 54.3 Å². The molecule has 5 rings (SSSR count). The Labute approximate surface area is 194 Å². The minimum Gasteiger partial charge on any atom is -0.344 e. The van der Waals surface area contributed by atoms with E-state index in [2.05, 4.69) is 16.0 Å². The number of anilines is 2. The highest BCUT2D eigenvalue weighted by Crippen LogP contribution is 2.33. The zero-order valence-corrected chi connectivity index (χ0v) is 18.7. The number of benzene rings is 2. The molecule has 0 atom stereocenters. The second-order valence-electron chi connectivity index (χ2n) is 7.68. The Balaban J connectivity index is 1.31. The van der Waals surface area contributed by atoms with Crippen LogP contribution < -0.4 is 10.2 Å². The summed E-state index contributed by atoms with van der Waals surface area (Å²) in [6.07, 6.45) is 2.28. The van der Waals surface area contributed by atoms with Gasteiger partial charge in [-0.15, -0.1) is 11.3 Å². The van der Waals surface area contributed by atoms with Gasteiger partial charge in [-0.25, -0.2) is 0 Å². The highest BCUT2D eigenvalue weighted by atomic mass is 35.5. The Morgan fingerprint density at radius 1 is 1.00 bits per heavy atom. The van der Waals surface area contributed by atoms with Gasteiger partial charge in [0, 0.05) is 33.0 Å². The molecule has 1 aliphatic heterocycles. The van der Waals surface area contributed by atoms with Crippen LogP contribution >= 0.6 is 22.9 Å². The molecular formula is C25H20ClN3O2S. The largest absolute Gasteiger partial charge is 0.344 e. The van der Waals surface area contributed by atoms with Gasteiger partial charge in [0.2, 0.25) is 5.91 Å². The summed E-state index contributed by atoms with van der Waals surface area (Å²) < 4.78 is 2.18. The van der Waals surface area contributed by atoms with Crippen LogP contribution in [0, 0.1) is 0 Å². The van der Waals surface area contributed by atoms with E-state index in [1.54, 1.807) is 47.7 Å². The van der Waals surface area contributed by atoms with Crippen LogP contribution in [-0.4, -0.2) is 16.4 Å². The van der Waals surface area contributed by atoms with Gasteiger partial charge in [0.25, 0.3) is 5.91 Å². The molecule has 160 valence electrons. The van der Waals surface area contributed by atoms with Gasteiger partial charge >= 0.3 is 0 Å². The summed E-state index contributed by atoms with van der Waals surface area (Å²) in [7, 11) is 0. The van der Waals surface area contributed by atoms with Crippen LogP contribution in [-0.2, 0) is 24.3 Å². The summed E-state index contributed by atoms with van der Waals surface area (Å²) in [5, 5.41) is 5.51. The number of carbonyl (C=O) groups is 2. The Morgan fingerprint density at radius 3 is 2.66 bits per heavy atom. The molecule has 0 bridgehead atoms. The molecule has 32 heavy (non-hydrogen) atoms. The molecule has 3 heterocycles. The highest BCUT2D eigenvalue weighted by molar-refractivity contribution is 7.10. The number of halogens is 1. The predicted octanol–water partition coefficient (Wildman–Crippen LogP) is 5.59. The first kappa shape index (κ1) is 20.5. The van der Waals surface area contributed by atoms with Crippen molar-refractivity contribution in [3.05, 3.63) is 105 Å². The van der Waals surface area contributed by atoms with Crippen LogP contribution in [0.15, 0.2) is 78.3 Å². The van der Waals surface area contributed by atoms with E-state index in [1.165, 1.54) is 0 Å². The van der Waals surface area contributed by atoms with E-state index in [0.717, 1.165) is 28.4 Å². The van der Waals surface area contributed by atoms with Crippen molar-refractivity contribution in [2.45, 2.75) is 19.5 Å². The molecule has 2 amide bonds. The lowest BCUT2D eigenvalue weighted by Crippen LogP contribution is -2.30. The van der Waals surface area contributed by atoms with Crippen molar-refractivity contribution in [3.63, 3.8) is 0 Å². The first-order chi connectivity index (χ1) is 15.6. The van der Waals surface area contributed by atoms with Gasteiger partial charge < -0.3 is 14.8 Å². The molecule has 0 saturated carbocycles. The number of amides is 2. The summed E-state index contributed by atoms with van der Waals surface area (Å²) >= 11 is 7.65. The van der Waals surface area contributed by atoms with Gasteiger partial charge in [0.05, 0.1) is 25.2 Å². The van der Waals surface area contributed by atoms with Gasteiger partial charge in [0.1, 0.15) is 0 Å². The van der Waals surface area contributed by atoms with Crippen molar-refractivity contribution in [2.24, 2.45) is 0 Å². The number of hydrogen-bond donors (Lipinski definition) is 1. The van der Waals surface area contributed by atoms with Gasteiger partial charge in [-0.2, -0.15) is 0 Å². The third kappa shape index (κ3) is 4.20. The number of fused-ring (bicyclic) bond motifs is 2. The fourth-order valence-electron chi connectivity index (χ4n) is 3.91. The van der Waals surface area contributed by atoms with Gasteiger partial charge in [0.15, 0.2) is 0 Å². The number of aromatic nitrogens is 1. The Bertz CT molecular complexity index is 1290. The van der Waals surface area contributed by atoms with E-state index >= 15 is 0 Å². The fourth-order valence-corrected chi connectivity index (χ4v) is 5.00. The van der Waals surface area contributed by atoms with Crippen molar-refractivity contribution in [3.8, 4) is 0 Å². The molecular weight excluding hydrogens is 442 g/mol. The number of nitrogens with zero attached hydrogens (tertiary/aromatic N) is 2. The Morgan fingerprint density at radius 2 is 1.84 bits per heavy atom. The first-order valence-corrected chi connectivity index (χ1v) is 11.5. The summed E-state index contributed by atoms with van der Waals surface area (Å²) in [5.41, 5.74) is 4.14. The maximum Gasteiger partial charge on any atom is 0.258 e. The molecule has 0 aliphatic carbocycles. The molecule has 4 aromatic rings. The SMILES string of the molecule is O=C(Cc1cccc(Cl)c1)Nc1ccc(C(=O)N2Cc3cccn3Cc3sccc32)cc1. The molecule has 1 N–H and O–H groups in total. The van der Waals surface area contributed by atoms with Crippen molar-refractivity contribution in [1.29, 1.82) is 0 Å². The molecule has 5 nitrogen and oxygen atoms in total. The van der Waals surface area contributed by atoms with Crippen LogP contribution in [0.1, 0.15) is 26.5 Å². The molecule has 0 spiro atoms. The molecule has 2 aromatic heterocycles. The first-order valence-electron chi connectivity index (χ1n) is 10.2. The quantitative estimate of drug-likeness (QED) is 0.430. The molecule has 2 aromatic carbocycles. The molecule has 0 saturated heterocycles. The summed E-state index contributed by atoms with van der Waals surface area (Å²) in [6.45, 7) is 1.30. The lowest BCUT2D eigenvalue weighted by atomic mass is 10.1. The molecule has 7 heteroatoms. The van der Waals surface area contributed by atoms with Crippen molar-refractivity contribution < 1.29 is 9.59 Å². The van der Waals surface area contributed by atoms with Gasteiger partial charge in [-0.05, 0) is 65.5 Å². The molecule has 0 unspecified atom stereocenters. The van der Waals surface area contributed by atoms with Crippen molar-refractivity contribution in [2.75, 3.05) is 10.2 Å². The fraction of sp³-hybridized carbons (Fsp3) is 0.120. The minimum absolute atomic E-state index is 0.0592. The van der Waals surface area contributed by atoms with Gasteiger partial charge in [-0.1, -0.05) is 23.7 Å². The normalized spacial score (nSPS) is 12.6. The maximum atomic E-state index is 13.4. The van der Waals surface area contributed by atoms with E-state index < -0.39 is 0 Å². The molecule has 1 aliphatic rings. The predicted molar refractivity (Wildman–Crippen MR) is 129 cm³/mol. The van der Waals surface area contributed by atoms with Gasteiger partial charge in [-0.3, -0.25) is 9.59 Å². The zero-order chi connectivity index (χ0) is 22.1. The average Bonchev–Trinajstić information content (AvgIpc) is 3.39. The summed E-state index contributed by atoms with van der Waals surface area (Å²) in [6, 6.07) is 20.4. The van der Waals surface area contributed by atoms with E-state index in [-0.39, 0.29) is 18.2 Å². The zero-order valence-electron chi connectivity index (χ0n) is 17.1. The second-order valence-corrected chi connectivity index (χ2v) is 9.12. The Kier molecular flexibility index (Phi) is 5.55. The van der Waals surface area contributed by atoms with Crippen molar-refractivity contribution in [1.82, 2.24) is 4.57 Å². The number of rotatable bonds is 4. The van der Waals surface area contributed by atoms with Crippen LogP contribution in [0.3, 0.4) is 0 Å². The van der Waals surface area contributed by atoms with Crippen molar-refractivity contribution >= 4 is 46.1 Å². The smallest absolute Gasteiger partial charge is 0.258 e. The van der Waals surface area contributed by atoms with Crippen LogP contribution in [0.25, 0.3) is 0 Å². The standard InChI is InChI=1S/C25H20ClN3O2S/c26-19-4-1-3-17(13-19)14-24(30)27-20-8-6-18(7-9-20)25(31)29-15-21-5-2-11-28(21)16-23-22(29)10-12-32-23/h1-13H,14-16H2,(H,27,30). The van der Waals surface area contributed by atoms with E-state index in [4.69, 9.17) is 11.6 Å². The van der Waals surface area contributed by atoms with E-state index in [9.17, 15) is 9.59 Å². The second kappa shape index (κ2) is 8.65. The van der Waals surface area contributed by atoms with Crippen LogP contribution in [0.5, 0.6) is 0 Å². The van der Waals surface area contributed by atoms with E-state index in [0.29, 0.717) is 22.8 Å². The van der Waals surface area contributed by atoms with Crippen LogP contribution in [0.2, 0.25) is 5.02 Å².